The normalized spacial score (nSPS) is 11.1. The number of hydrogen-bond acceptors (Lipinski definition) is 6. The Labute approximate surface area is 115 Å². The molecule has 0 bridgehead atoms. The maximum absolute atomic E-state index is 10.6. The Balaban J connectivity index is 2.16. The molecule has 0 amide bonds. The Morgan fingerprint density at radius 2 is 2.21 bits per heavy atom. The van der Waals surface area contributed by atoms with Gasteiger partial charge in [0.2, 0.25) is 0 Å². The van der Waals surface area contributed by atoms with E-state index in [1.807, 2.05) is 13.0 Å². The SMILES string of the molecule is Cc1cc2nc(-c3ccc([N+](=O)[O-])o3)nc(Cl)c2s1. The highest BCUT2D eigenvalue weighted by Crippen LogP contribution is 2.32. The van der Waals surface area contributed by atoms with Gasteiger partial charge in [-0.25, -0.2) is 9.97 Å². The van der Waals surface area contributed by atoms with E-state index in [1.54, 1.807) is 0 Å². The number of thiophene rings is 1. The monoisotopic (exact) mass is 295 g/mol. The van der Waals surface area contributed by atoms with Gasteiger partial charge in [0.25, 0.3) is 0 Å². The van der Waals surface area contributed by atoms with Crippen molar-refractivity contribution in [3.8, 4) is 11.6 Å². The number of rotatable bonds is 2. The van der Waals surface area contributed by atoms with E-state index in [0.29, 0.717) is 10.7 Å². The van der Waals surface area contributed by atoms with Crippen LogP contribution in [0.2, 0.25) is 5.15 Å². The molecule has 3 aromatic rings. The minimum absolute atomic E-state index is 0.222. The molecule has 0 saturated heterocycles. The third kappa shape index (κ3) is 2.06. The Kier molecular flexibility index (Phi) is 2.72. The minimum Gasteiger partial charge on any atom is -0.397 e. The minimum atomic E-state index is -0.613. The lowest BCUT2D eigenvalue weighted by Gasteiger charge is -1.97. The predicted octanol–water partition coefficient (Wildman–Crippen LogP) is 3.82. The molecule has 0 fully saturated rings. The van der Waals surface area contributed by atoms with Gasteiger partial charge < -0.3 is 4.42 Å². The summed E-state index contributed by atoms with van der Waals surface area (Å²) in [5, 5.41) is 10.9. The van der Waals surface area contributed by atoms with E-state index in [1.165, 1.54) is 23.5 Å². The smallest absolute Gasteiger partial charge is 0.397 e. The first-order valence-electron chi connectivity index (χ1n) is 5.23. The van der Waals surface area contributed by atoms with Crippen LogP contribution in [0.15, 0.2) is 22.6 Å². The quantitative estimate of drug-likeness (QED) is 0.408. The summed E-state index contributed by atoms with van der Waals surface area (Å²) in [7, 11) is 0. The second kappa shape index (κ2) is 4.29. The maximum Gasteiger partial charge on any atom is 0.433 e. The molecule has 0 aliphatic rings. The lowest BCUT2D eigenvalue weighted by Crippen LogP contribution is -1.88. The van der Waals surface area contributed by atoms with Crippen LogP contribution < -0.4 is 0 Å². The molecule has 96 valence electrons. The highest BCUT2D eigenvalue weighted by atomic mass is 35.5. The van der Waals surface area contributed by atoms with Gasteiger partial charge in [0.15, 0.2) is 16.7 Å². The number of nitro groups is 1. The molecule has 0 atom stereocenters. The number of fused-ring (bicyclic) bond motifs is 1. The molecule has 3 aromatic heterocycles. The van der Waals surface area contributed by atoms with Crippen molar-refractivity contribution in [2.45, 2.75) is 6.92 Å². The van der Waals surface area contributed by atoms with Gasteiger partial charge in [0.1, 0.15) is 4.92 Å². The summed E-state index contributed by atoms with van der Waals surface area (Å²) >= 11 is 7.58. The van der Waals surface area contributed by atoms with Crippen LogP contribution in [0.25, 0.3) is 21.8 Å². The van der Waals surface area contributed by atoms with Gasteiger partial charge in [-0.3, -0.25) is 10.1 Å². The molecule has 0 saturated carbocycles. The molecule has 0 N–H and O–H groups in total. The van der Waals surface area contributed by atoms with Gasteiger partial charge in [-0.1, -0.05) is 11.6 Å². The fourth-order valence-corrected chi connectivity index (χ4v) is 2.79. The van der Waals surface area contributed by atoms with Crippen LogP contribution in [0, 0.1) is 17.0 Å². The molecule has 0 aliphatic carbocycles. The molecule has 0 aliphatic heterocycles. The van der Waals surface area contributed by atoms with Crippen molar-refractivity contribution in [3.05, 3.63) is 38.3 Å². The highest BCUT2D eigenvalue weighted by Gasteiger charge is 2.17. The molecule has 0 aromatic carbocycles. The number of nitrogens with zero attached hydrogens (tertiary/aromatic N) is 3. The summed E-state index contributed by atoms with van der Waals surface area (Å²) in [4.78, 5) is 19.4. The van der Waals surface area contributed by atoms with Crippen LogP contribution >= 0.6 is 22.9 Å². The fourth-order valence-electron chi connectivity index (χ4n) is 1.67. The lowest BCUT2D eigenvalue weighted by atomic mass is 10.4. The number of aryl methyl sites for hydroxylation is 1. The zero-order valence-corrected chi connectivity index (χ0v) is 11.2. The van der Waals surface area contributed by atoms with E-state index < -0.39 is 4.92 Å². The summed E-state index contributed by atoms with van der Waals surface area (Å²) < 4.78 is 5.86. The standard InChI is InChI=1S/C11H6ClN3O3S/c1-5-4-6-9(19-5)10(12)14-11(13-6)7-2-3-8(18-7)15(16)17/h2-4H,1H3. The predicted molar refractivity (Wildman–Crippen MR) is 71.5 cm³/mol. The second-order valence-corrected chi connectivity index (χ2v) is 5.42. The van der Waals surface area contributed by atoms with Crippen molar-refractivity contribution in [1.29, 1.82) is 0 Å². The summed E-state index contributed by atoms with van der Waals surface area (Å²) in [5.74, 6) is 0.110. The van der Waals surface area contributed by atoms with E-state index in [4.69, 9.17) is 16.0 Å². The van der Waals surface area contributed by atoms with Crippen molar-refractivity contribution < 1.29 is 9.34 Å². The molecule has 8 heteroatoms. The van der Waals surface area contributed by atoms with E-state index in [9.17, 15) is 10.1 Å². The molecule has 3 rings (SSSR count). The van der Waals surface area contributed by atoms with Crippen molar-refractivity contribution in [1.82, 2.24) is 9.97 Å². The molecule has 0 spiro atoms. The number of furan rings is 1. The Morgan fingerprint density at radius 3 is 2.89 bits per heavy atom. The second-order valence-electron chi connectivity index (χ2n) is 3.80. The largest absolute Gasteiger partial charge is 0.433 e. The number of halogens is 1. The third-order valence-corrected chi connectivity index (χ3v) is 3.88. The molecule has 0 unspecified atom stereocenters. The summed E-state index contributed by atoms with van der Waals surface area (Å²) in [6.45, 7) is 1.94. The van der Waals surface area contributed by atoms with Crippen LogP contribution in [0.5, 0.6) is 0 Å². The molecule has 3 heterocycles. The average molecular weight is 296 g/mol. The first kappa shape index (κ1) is 12.1. The topological polar surface area (TPSA) is 82.1 Å². The Hall–Kier alpha value is -1.99. The Bertz CT molecular complexity index is 796. The molecule has 6 nitrogen and oxygen atoms in total. The van der Waals surface area contributed by atoms with Crippen molar-refractivity contribution in [2.24, 2.45) is 0 Å². The van der Waals surface area contributed by atoms with Gasteiger partial charge in [-0.2, -0.15) is 0 Å². The lowest BCUT2D eigenvalue weighted by molar-refractivity contribution is -0.401. The fraction of sp³-hybridized carbons (Fsp3) is 0.0909. The summed E-state index contributed by atoms with van der Waals surface area (Å²) in [6.07, 6.45) is 0. The van der Waals surface area contributed by atoms with E-state index >= 15 is 0 Å². The summed E-state index contributed by atoms with van der Waals surface area (Å²) in [6, 6.07) is 4.60. The first-order valence-corrected chi connectivity index (χ1v) is 6.42. The molecule has 19 heavy (non-hydrogen) atoms. The van der Waals surface area contributed by atoms with E-state index in [-0.39, 0.29) is 17.5 Å². The summed E-state index contributed by atoms with van der Waals surface area (Å²) in [5.41, 5.74) is 0.705. The maximum atomic E-state index is 10.6. The van der Waals surface area contributed by atoms with Crippen LogP contribution in [0.1, 0.15) is 4.88 Å². The molecular formula is C11H6ClN3O3S. The van der Waals surface area contributed by atoms with Gasteiger partial charge >= 0.3 is 5.88 Å². The van der Waals surface area contributed by atoms with Gasteiger partial charge in [0.05, 0.1) is 16.3 Å². The van der Waals surface area contributed by atoms with Crippen molar-refractivity contribution in [2.75, 3.05) is 0 Å². The van der Waals surface area contributed by atoms with Gasteiger partial charge in [0, 0.05) is 4.88 Å². The van der Waals surface area contributed by atoms with Crippen molar-refractivity contribution >= 4 is 39.0 Å². The van der Waals surface area contributed by atoms with Crippen LogP contribution in [0.3, 0.4) is 0 Å². The van der Waals surface area contributed by atoms with Crippen molar-refractivity contribution in [3.63, 3.8) is 0 Å². The third-order valence-electron chi connectivity index (χ3n) is 2.45. The molecular weight excluding hydrogens is 290 g/mol. The Morgan fingerprint density at radius 1 is 1.42 bits per heavy atom. The van der Waals surface area contributed by atoms with Crippen LogP contribution in [-0.2, 0) is 0 Å². The van der Waals surface area contributed by atoms with E-state index in [0.717, 1.165) is 9.58 Å². The number of hydrogen-bond donors (Lipinski definition) is 0. The first-order chi connectivity index (χ1) is 9.04. The zero-order valence-electron chi connectivity index (χ0n) is 9.58. The van der Waals surface area contributed by atoms with Crippen LogP contribution in [0.4, 0.5) is 5.88 Å². The van der Waals surface area contributed by atoms with Gasteiger partial charge in [-0.05, 0) is 19.1 Å². The van der Waals surface area contributed by atoms with Crippen LogP contribution in [-0.4, -0.2) is 14.9 Å². The number of aromatic nitrogens is 2. The zero-order chi connectivity index (χ0) is 13.6. The average Bonchev–Trinajstić information content (AvgIpc) is 2.94. The van der Waals surface area contributed by atoms with Gasteiger partial charge in [-0.15, -0.1) is 11.3 Å². The highest BCUT2D eigenvalue weighted by molar-refractivity contribution is 7.19. The molecule has 0 radical (unpaired) electrons. The van der Waals surface area contributed by atoms with E-state index in [2.05, 4.69) is 9.97 Å².